The van der Waals surface area contributed by atoms with E-state index < -0.39 is 0 Å². The molecule has 0 amide bonds. The Labute approximate surface area is 91.9 Å². The van der Waals surface area contributed by atoms with Crippen LogP contribution >= 0.6 is 0 Å². The fraction of sp³-hybridized carbons (Fsp3) is 0.500. The molecule has 84 valence electrons. The van der Waals surface area contributed by atoms with E-state index in [0.717, 1.165) is 17.8 Å². The van der Waals surface area contributed by atoms with Crippen molar-refractivity contribution < 1.29 is 0 Å². The minimum absolute atomic E-state index is 0.194. The van der Waals surface area contributed by atoms with Gasteiger partial charge >= 0.3 is 0 Å². The van der Waals surface area contributed by atoms with Crippen molar-refractivity contribution in [3.8, 4) is 0 Å². The van der Waals surface area contributed by atoms with Gasteiger partial charge in [0.15, 0.2) is 0 Å². The molecule has 0 saturated carbocycles. The molecular weight excluding hydrogens is 186 g/mol. The van der Waals surface area contributed by atoms with Gasteiger partial charge in [-0.05, 0) is 23.6 Å². The van der Waals surface area contributed by atoms with Crippen molar-refractivity contribution in [2.75, 3.05) is 11.9 Å². The highest BCUT2D eigenvalue weighted by atomic mass is 14.9. The fourth-order valence-corrected chi connectivity index (χ4v) is 1.23. The molecule has 0 saturated heterocycles. The van der Waals surface area contributed by atoms with Crippen molar-refractivity contribution in [1.82, 2.24) is 0 Å². The Morgan fingerprint density at radius 3 is 2.27 bits per heavy atom. The van der Waals surface area contributed by atoms with Crippen LogP contribution in [-0.4, -0.2) is 12.6 Å². The molecule has 0 bridgehead atoms. The van der Waals surface area contributed by atoms with Crippen LogP contribution in [0.2, 0.25) is 0 Å². The summed E-state index contributed by atoms with van der Waals surface area (Å²) in [5, 5.41) is 3.31. The lowest BCUT2D eigenvalue weighted by molar-refractivity contribution is 0.511. The second kappa shape index (κ2) is 5.73. The first kappa shape index (κ1) is 12.0. The predicted octanol–water partition coefficient (Wildman–Crippen LogP) is 1.54. The summed E-state index contributed by atoms with van der Waals surface area (Å²) in [5.41, 5.74) is 13.7. The normalized spacial score (nSPS) is 12.9. The van der Waals surface area contributed by atoms with Crippen LogP contribution in [0.1, 0.15) is 19.4 Å². The Balaban J connectivity index is 2.44. The van der Waals surface area contributed by atoms with Crippen molar-refractivity contribution in [2.24, 2.45) is 17.4 Å². The quantitative estimate of drug-likeness (QED) is 0.686. The van der Waals surface area contributed by atoms with E-state index in [4.69, 9.17) is 11.5 Å². The molecule has 1 aromatic rings. The number of hydrogen-bond donors (Lipinski definition) is 3. The third-order valence-corrected chi connectivity index (χ3v) is 2.59. The van der Waals surface area contributed by atoms with Gasteiger partial charge in [0, 0.05) is 24.8 Å². The van der Waals surface area contributed by atoms with Crippen molar-refractivity contribution in [3.05, 3.63) is 29.8 Å². The maximum absolute atomic E-state index is 5.94. The van der Waals surface area contributed by atoms with E-state index in [1.165, 1.54) is 0 Å². The van der Waals surface area contributed by atoms with Gasteiger partial charge in [0.05, 0.1) is 0 Å². The van der Waals surface area contributed by atoms with Gasteiger partial charge in [0.1, 0.15) is 0 Å². The fourth-order valence-electron chi connectivity index (χ4n) is 1.23. The molecule has 0 aliphatic heterocycles. The molecule has 0 spiro atoms. The lowest BCUT2D eigenvalue weighted by atomic mass is 10.1. The number of rotatable bonds is 5. The topological polar surface area (TPSA) is 64.1 Å². The first-order chi connectivity index (χ1) is 7.13. The molecule has 1 atom stereocenters. The number of nitrogens with one attached hydrogen (secondary N) is 1. The van der Waals surface area contributed by atoms with E-state index in [2.05, 4.69) is 19.2 Å². The Morgan fingerprint density at radius 2 is 1.80 bits per heavy atom. The molecule has 0 heterocycles. The Hall–Kier alpha value is -1.06. The summed E-state index contributed by atoms with van der Waals surface area (Å²) in [5.74, 6) is 0.501. The summed E-state index contributed by atoms with van der Waals surface area (Å²) < 4.78 is 0. The molecule has 3 nitrogen and oxygen atoms in total. The van der Waals surface area contributed by atoms with Crippen LogP contribution in [0.15, 0.2) is 24.3 Å². The predicted molar refractivity (Wildman–Crippen MR) is 65.6 cm³/mol. The van der Waals surface area contributed by atoms with Crippen LogP contribution in [0, 0.1) is 5.92 Å². The zero-order chi connectivity index (χ0) is 11.3. The zero-order valence-electron chi connectivity index (χ0n) is 9.53. The summed E-state index contributed by atoms with van der Waals surface area (Å²) in [6, 6.07) is 8.33. The van der Waals surface area contributed by atoms with Gasteiger partial charge in [-0.15, -0.1) is 0 Å². The average molecular weight is 207 g/mol. The number of anilines is 1. The van der Waals surface area contributed by atoms with Crippen molar-refractivity contribution >= 4 is 5.69 Å². The monoisotopic (exact) mass is 207 g/mol. The first-order valence-electron chi connectivity index (χ1n) is 5.42. The van der Waals surface area contributed by atoms with Crippen LogP contribution in [0.3, 0.4) is 0 Å². The Kier molecular flexibility index (Phi) is 4.59. The number of hydrogen-bond acceptors (Lipinski definition) is 3. The van der Waals surface area contributed by atoms with Gasteiger partial charge in [-0.25, -0.2) is 0 Å². The van der Waals surface area contributed by atoms with E-state index in [9.17, 15) is 0 Å². The van der Waals surface area contributed by atoms with Gasteiger partial charge < -0.3 is 16.8 Å². The highest BCUT2D eigenvalue weighted by molar-refractivity contribution is 5.44. The van der Waals surface area contributed by atoms with Gasteiger partial charge in [0.25, 0.3) is 0 Å². The molecule has 1 aromatic carbocycles. The smallest absolute Gasteiger partial charge is 0.0340 e. The maximum Gasteiger partial charge on any atom is 0.0340 e. The van der Waals surface area contributed by atoms with E-state index in [0.29, 0.717) is 12.5 Å². The minimum atomic E-state index is 0.194. The third-order valence-electron chi connectivity index (χ3n) is 2.59. The molecule has 5 N–H and O–H groups in total. The summed E-state index contributed by atoms with van der Waals surface area (Å²) >= 11 is 0. The number of nitrogens with two attached hydrogens (primary N) is 2. The second-order valence-electron chi connectivity index (χ2n) is 4.19. The molecule has 0 aliphatic rings. The number of benzene rings is 1. The van der Waals surface area contributed by atoms with E-state index >= 15 is 0 Å². The average Bonchev–Trinajstić information content (AvgIpc) is 2.26. The molecule has 1 unspecified atom stereocenters. The van der Waals surface area contributed by atoms with Gasteiger partial charge in [-0.2, -0.15) is 0 Å². The summed E-state index contributed by atoms with van der Waals surface area (Å²) in [7, 11) is 0. The van der Waals surface area contributed by atoms with E-state index in [1.807, 2.05) is 24.3 Å². The third kappa shape index (κ3) is 3.90. The largest absolute Gasteiger partial charge is 0.383 e. The molecule has 0 aromatic heterocycles. The van der Waals surface area contributed by atoms with Crippen LogP contribution in [0.4, 0.5) is 5.69 Å². The summed E-state index contributed by atoms with van der Waals surface area (Å²) in [4.78, 5) is 0. The lowest BCUT2D eigenvalue weighted by Gasteiger charge is -2.17. The standard InChI is InChI=1S/C12H21N3/c1-9(2)12(14)8-15-11-5-3-10(7-13)4-6-11/h3-6,9,12,15H,7-8,13-14H2,1-2H3. The first-order valence-corrected chi connectivity index (χ1v) is 5.42. The van der Waals surface area contributed by atoms with Crippen LogP contribution in [-0.2, 0) is 6.54 Å². The molecule has 0 fully saturated rings. The second-order valence-corrected chi connectivity index (χ2v) is 4.19. The van der Waals surface area contributed by atoms with Gasteiger partial charge in [-0.1, -0.05) is 26.0 Å². The summed E-state index contributed by atoms with van der Waals surface area (Å²) in [6.07, 6.45) is 0. The van der Waals surface area contributed by atoms with Gasteiger partial charge in [0.2, 0.25) is 0 Å². The zero-order valence-corrected chi connectivity index (χ0v) is 9.53. The lowest BCUT2D eigenvalue weighted by Crippen LogP contribution is -2.33. The van der Waals surface area contributed by atoms with Crippen molar-refractivity contribution in [2.45, 2.75) is 26.4 Å². The van der Waals surface area contributed by atoms with Crippen molar-refractivity contribution in [3.63, 3.8) is 0 Å². The molecular formula is C12H21N3. The van der Waals surface area contributed by atoms with E-state index in [1.54, 1.807) is 0 Å². The van der Waals surface area contributed by atoms with Crippen LogP contribution in [0.25, 0.3) is 0 Å². The maximum atomic E-state index is 5.94. The van der Waals surface area contributed by atoms with Crippen LogP contribution < -0.4 is 16.8 Å². The Morgan fingerprint density at radius 1 is 1.20 bits per heavy atom. The SMILES string of the molecule is CC(C)C(N)CNc1ccc(CN)cc1. The van der Waals surface area contributed by atoms with Gasteiger partial charge in [-0.3, -0.25) is 0 Å². The highest BCUT2D eigenvalue weighted by Crippen LogP contribution is 2.09. The minimum Gasteiger partial charge on any atom is -0.383 e. The summed E-state index contributed by atoms with van der Waals surface area (Å²) in [6.45, 7) is 5.65. The molecule has 0 aliphatic carbocycles. The Bertz CT molecular complexity index is 279. The molecule has 15 heavy (non-hydrogen) atoms. The van der Waals surface area contributed by atoms with Crippen molar-refractivity contribution in [1.29, 1.82) is 0 Å². The van der Waals surface area contributed by atoms with E-state index in [-0.39, 0.29) is 6.04 Å². The van der Waals surface area contributed by atoms with Crippen LogP contribution in [0.5, 0.6) is 0 Å². The highest BCUT2D eigenvalue weighted by Gasteiger charge is 2.06. The molecule has 0 radical (unpaired) electrons. The molecule has 1 rings (SSSR count). The molecule has 3 heteroatoms.